The van der Waals surface area contributed by atoms with Crippen LogP contribution >= 0.6 is 0 Å². The number of anilines is 1. The molecular formula is C15H22N2O4. The fourth-order valence-electron chi connectivity index (χ4n) is 1.52. The minimum absolute atomic E-state index is 0.141. The molecule has 0 saturated heterocycles. The number of amides is 1. The molecular weight excluding hydrogens is 272 g/mol. The third-order valence-corrected chi connectivity index (χ3v) is 2.62. The number of benzene rings is 1. The molecule has 1 amide bonds. The number of esters is 1. The molecule has 0 atom stereocenters. The lowest BCUT2D eigenvalue weighted by Gasteiger charge is -2.10. The lowest BCUT2D eigenvalue weighted by atomic mass is 10.2. The second-order valence-corrected chi connectivity index (χ2v) is 4.53. The molecule has 3 N–H and O–H groups in total. The van der Waals surface area contributed by atoms with Gasteiger partial charge in [0.15, 0.2) is 6.61 Å². The normalized spacial score (nSPS) is 10.0. The summed E-state index contributed by atoms with van der Waals surface area (Å²) in [5.41, 5.74) is 6.48. The Labute approximate surface area is 124 Å². The van der Waals surface area contributed by atoms with Crippen LogP contribution in [0.4, 0.5) is 5.69 Å². The number of rotatable bonds is 8. The lowest BCUT2D eigenvalue weighted by molar-refractivity contribution is -0.123. The first-order chi connectivity index (χ1) is 10.1. The zero-order chi connectivity index (χ0) is 15.7. The van der Waals surface area contributed by atoms with E-state index in [1.807, 2.05) is 13.8 Å². The zero-order valence-electron chi connectivity index (χ0n) is 12.5. The minimum Gasteiger partial charge on any atom is -0.482 e. The van der Waals surface area contributed by atoms with Gasteiger partial charge in [-0.3, -0.25) is 4.79 Å². The van der Waals surface area contributed by atoms with E-state index in [-0.39, 0.29) is 12.5 Å². The number of ether oxygens (including phenoxy) is 2. The van der Waals surface area contributed by atoms with Gasteiger partial charge in [0, 0.05) is 6.54 Å². The first-order valence-electron chi connectivity index (χ1n) is 7.04. The van der Waals surface area contributed by atoms with Gasteiger partial charge in [0.25, 0.3) is 5.91 Å². The predicted octanol–water partition coefficient (Wildman–Crippen LogP) is 1.74. The van der Waals surface area contributed by atoms with Gasteiger partial charge >= 0.3 is 5.97 Å². The molecule has 116 valence electrons. The van der Waals surface area contributed by atoms with Gasteiger partial charge in [0.2, 0.25) is 0 Å². The third kappa shape index (κ3) is 5.72. The molecule has 0 bridgehead atoms. The second-order valence-electron chi connectivity index (χ2n) is 4.53. The summed E-state index contributed by atoms with van der Waals surface area (Å²) in [6.45, 7) is 4.70. The van der Waals surface area contributed by atoms with Gasteiger partial charge in [-0.2, -0.15) is 0 Å². The molecule has 0 spiro atoms. The highest BCUT2D eigenvalue weighted by molar-refractivity contribution is 5.90. The first-order valence-corrected chi connectivity index (χ1v) is 7.04. The fourth-order valence-corrected chi connectivity index (χ4v) is 1.52. The summed E-state index contributed by atoms with van der Waals surface area (Å²) in [5, 5.41) is 2.69. The van der Waals surface area contributed by atoms with Crippen molar-refractivity contribution in [1.29, 1.82) is 0 Å². The monoisotopic (exact) mass is 294 g/mol. The molecule has 0 aromatic heterocycles. The highest BCUT2D eigenvalue weighted by Crippen LogP contribution is 2.23. The van der Waals surface area contributed by atoms with E-state index in [1.165, 1.54) is 6.07 Å². The van der Waals surface area contributed by atoms with Crippen LogP contribution in [0.5, 0.6) is 5.75 Å². The van der Waals surface area contributed by atoms with Crippen LogP contribution in [0.1, 0.15) is 37.0 Å². The number of nitrogens with two attached hydrogens (primary N) is 1. The first kappa shape index (κ1) is 16.8. The number of hydrogen-bond donors (Lipinski definition) is 2. The number of carbonyl (C=O) groups excluding carboxylic acids is 2. The molecule has 0 saturated carbocycles. The number of hydrogen-bond acceptors (Lipinski definition) is 5. The number of nitrogens with one attached hydrogen (secondary N) is 1. The molecule has 0 radical (unpaired) electrons. The van der Waals surface area contributed by atoms with E-state index in [1.54, 1.807) is 12.1 Å². The van der Waals surface area contributed by atoms with Crippen molar-refractivity contribution < 1.29 is 19.1 Å². The van der Waals surface area contributed by atoms with Gasteiger partial charge in [-0.25, -0.2) is 4.79 Å². The lowest BCUT2D eigenvalue weighted by Crippen LogP contribution is -2.29. The molecule has 0 aliphatic carbocycles. The Hall–Kier alpha value is -2.24. The quantitative estimate of drug-likeness (QED) is 0.563. The van der Waals surface area contributed by atoms with Gasteiger partial charge < -0.3 is 20.5 Å². The average Bonchev–Trinajstić information content (AvgIpc) is 2.49. The fraction of sp³-hybridized carbons (Fsp3) is 0.467. The van der Waals surface area contributed by atoms with E-state index in [2.05, 4.69) is 5.32 Å². The van der Waals surface area contributed by atoms with Gasteiger partial charge in [0.05, 0.1) is 17.9 Å². The second kappa shape index (κ2) is 8.84. The summed E-state index contributed by atoms with van der Waals surface area (Å²) in [6, 6.07) is 4.61. The van der Waals surface area contributed by atoms with Gasteiger partial charge in [-0.15, -0.1) is 0 Å². The Morgan fingerprint density at radius 3 is 2.67 bits per heavy atom. The van der Waals surface area contributed by atoms with Crippen molar-refractivity contribution in [3.05, 3.63) is 23.8 Å². The molecule has 21 heavy (non-hydrogen) atoms. The maximum absolute atomic E-state index is 11.7. The molecule has 1 rings (SSSR count). The van der Waals surface area contributed by atoms with Crippen molar-refractivity contribution in [2.75, 3.05) is 25.5 Å². The summed E-state index contributed by atoms with van der Waals surface area (Å²) in [7, 11) is 0. The Morgan fingerprint density at radius 1 is 1.24 bits per heavy atom. The molecule has 0 fully saturated rings. The van der Waals surface area contributed by atoms with Crippen LogP contribution in [-0.4, -0.2) is 31.6 Å². The smallest absolute Gasteiger partial charge is 0.338 e. The Kier molecular flexibility index (Phi) is 7.08. The summed E-state index contributed by atoms with van der Waals surface area (Å²) >= 11 is 0. The Bertz CT molecular complexity index is 489. The highest BCUT2D eigenvalue weighted by Gasteiger charge is 2.11. The van der Waals surface area contributed by atoms with Crippen LogP contribution in [0.15, 0.2) is 18.2 Å². The molecule has 0 unspecified atom stereocenters. The van der Waals surface area contributed by atoms with Crippen LogP contribution in [0.25, 0.3) is 0 Å². The highest BCUT2D eigenvalue weighted by atomic mass is 16.5. The number of carbonyl (C=O) groups is 2. The third-order valence-electron chi connectivity index (χ3n) is 2.62. The van der Waals surface area contributed by atoms with E-state index < -0.39 is 5.97 Å². The average molecular weight is 294 g/mol. The minimum atomic E-state index is -0.433. The standard InChI is InChI=1S/C15H22N2O4/c1-3-7-17-14(18)10-21-13-9-11(5-6-12(13)16)15(19)20-8-4-2/h5-6,9H,3-4,7-8,10,16H2,1-2H3,(H,17,18). The molecule has 0 heterocycles. The van der Waals surface area contributed by atoms with Crippen molar-refractivity contribution in [3.8, 4) is 5.75 Å². The van der Waals surface area contributed by atoms with Crippen molar-refractivity contribution in [2.45, 2.75) is 26.7 Å². The van der Waals surface area contributed by atoms with Crippen LogP contribution in [0, 0.1) is 0 Å². The summed E-state index contributed by atoms with van der Waals surface area (Å²) < 4.78 is 10.4. The van der Waals surface area contributed by atoms with Crippen molar-refractivity contribution in [1.82, 2.24) is 5.32 Å². The van der Waals surface area contributed by atoms with E-state index in [4.69, 9.17) is 15.2 Å². The van der Waals surface area contributed by atoms with Crippen molar-refractivity contribution in [2.24, 2.45) is 0 Å². The SMILES string of the molecule is CCCNC(=O)COc1cc(C(=O)OCCC)ccc1N. The van der Waals surface area contributed by atoms with E-state index in [0.717, 1.165) is 12.8 Å². The van der Waals surface area contributed by atoms with Gasteiger partial charge in [0.1, 0.15) is 5.75 Å². The largest absolute Gasteiger partial charge is 0.482 e. The van der Waals surface area contributed by atoms with Crippen molar-refractivity contribution >= 4 is 17.6 Å². The molecule has 0 aliphatic rings. The summed E-state index contributed by atoms with van der Waals surface area (Å²) in [5.74, 6) is -0.361. The Balaban J connectivity index is 2.65. The van der Waals surface area contributed by atoms with Crippen LogP contribution in [0.3, 0.4) is 0 Å². The maximum atomic E-state index is 11.7. The van der Waals surface area contributed by atoms with Crippen LogP contribution in [0.2, 0.25) is 0 Å². The molecule has 1 aromatic rings. The van der Waals surface area contributed by atoms with E-state index in [9.17, 15) is 9.59 Å². The molecule has 0 aliphatic heterocycles. The van der Waals surface area contributed by atoms with E-state index in [0.29, 0.717) is 30.2 Å². The molecule has 1 aromatic carbocycles. The van der Waals surface area contributed by atoms with Crippen LogP contribution in [-0.2, 0) is 9.53 Å². The maximum Gasteiger partial charge on any atom is 0.338 e. The van der Waals surface area contributed by atoms with Crippen LogP contribution < -0.4 is 15.8 Å². The van der Waals surface area contributed by atoms with Gasteiger partial charge in [-0.05, 0) is 31.0 Å². The molecule has 6 nitrogen and oxygen atoms in total. The summed E-state index contributed by atoms with van der Waals surface area (Å²) in [4.78, 5) is 23.2. The topological polar surface area (TPSA) is 90.6 Å². The van der Waals surface area contributed by atoms with Crippen molar-refractivity contribution in [3.63, 3.8) is 0 Å². The summed E-state index contributed by atoms with van der Waals surface area (Å²) in [6.07, 6.45) is 1.61. The molecule has 6 heteroatoms. The number of nitrogen functional groups attached to an aromatic ring is 1. The van der Waals surface area contributed by atoms with E-state index >= 15 is 0 Å². The zero-order valence-corrected chi connectivity index (χ0v) is 12.5. The predicted molar refractivity (Wildman–Crippen MR) is 80.2 cm³/mol. The van der Waals surface area contributed by atoms with Gasteiger partial charge in [-0.1, -0.05) is 13.8 Å². The Morgan fingerprint density at radius 2 is 2.00 bits per heavy atom.